The zero-order chi connectivity index (χ0) is 9.68. The lowest BCUT2D eigenvalue weighted by atomic mass is 10.1. The SMILES string of the molecule is CCc1ccc(N(C)CNN)cc1. The standard InChI is InChI=1S/C10H17N3/c1-3-9-4-6-10(7-5-9)13(2)8-12-11/h4-7,12H,3,8,11H2,1-2H3. The number of rotatable bonds is 4. The average molecular weight is 179 g/mol. The number of benzene rings is 1. The number of nitrogens with zero attached hydrogens (tertiary/aromatic N) is 1. The topological polar surface area (TPSA) is 41.3 Å². The Bertz CT molecular complexity index is 243. The van der Waals surface area contributed by atoms with Gasteiger partial charge in [0.05, 0.1) is 6.67 Å². The highest BCUT2D eigenvalue weighted by atomic mass is 15.3. The van der Waals surface area contributed by atoms with Crippen LogP contribution in [-0.4, -0.2) is 13.7 Å². The van der Waals surface area contributed by atoms with E-state index in [4.69, 9.17) is 5.84 Å². The lowest BCUT2D eigenvalue weighted by Gasteiger charge is -2.18. The van der Waals surface area contributed by atoms with Crippen molar-refractivity contribution < 1.29 is 0 Å². The van der Waals surface area contributed by atoms with Gasteiger partial charge in [-0.2, -0.15) is 0 Å². The third kappa shape index (κ3) is 2.72. The predicted octanol–water partition coefficient (Wildman–Crippen LogP) is 1.11. The highest BCUT2D eigenvalue weighted by Crippen LogP contribution is 2.12. The van der Waals surface area contributed by atoms with Gasteiger partial charge in [-0.05, 0) is 24.1 Å². The van der Waals surface area contributed by atoms with E-state index in [9.17, 15) is 0 Å². The highest BCUT2D eigenvalue weighted by Gasteiger charge is 1.97. The molecule has 0 unspecified atom stereocenters. The summed E-state index contributed by atoms with van der Waals surface area (Å²) in [6.45, 7) is 2.81. The molecule has 0 aromatic heterocycles. The van der Waals surface area contributed by atoms with Crippen molar-refractivity contribution in [2.45, 2.75) is 13.3 Å². The van der Waals surface area contributed by atoms with Crippen LogP contribution in [0.2, 0.25) is 0 Å². The molecule has 0 amide bonds. The first-order chi connectivity index (χ1) is 6.27. The summed E-state index contributed by atoms with van der Waals surface area (Å²) < 4.78 is 0. The van der Waals surface area contributed by atoms with Crippen LogP contribution in [0.25, 0.3) is 0 Å². The molecule has 13 heavy (non-hydrogen) atoms. The summed E-state index contributed by atoms with van der Waals surface area (Å²) in [6.07, 6.45) is 1.08. The summed E-state index contributed by atoms with van der Waals surface area (Å²) >= 11 is 0. The maximum atomic E-state index is 5.23. The number of hydrazine groups is 1. The molecule has 0 atom stereocenters. The average Bonchev–Trinajstić information content (AvgIpc) is 2.18. The summed E-state index contributed by atoms with van der Waals surface area (Å²) in [6, 6.07) is 8.50. The monoisotopic (exact) mass is 179 g/mol. The molecule has 1 rings (SSSR count). The molecule has 0 aliphatic heterocycles. The molecule has 0 aliphatic rings. The maximum Gasteiger partial charge on any atom is 0.0805 e. The molecule has 1 aromatic carbocycles. The summed E-state index contributed by atoms with van der Waals surface area (Å²) in [5, 5.41) is 0. The Labute approximate surface area is 79.5 Å². The molecule has 72 valence electrons. The Morgan fingerprint density at radius 1 is 1.31 bits per heavy atom. The normalized spacial score (nSPS) is 10.1. The summed E-state index contributed by atoms with van der Waals surface area (Å²) in [5.74, 6) is 5.23. The van der Waals surface area contributed by atoms with Crippen LogP contribution in [-0.2, 0) is 6.42 Å². The molecule has 0 heterocycles. The van der Waals surface area contributed by atoms with Gasteiger partial charge in [-0.25, -0.2) is 5.43 Å². The summed E-state index contributed by atoms with van der Waals surface area (Å²) in [7, 11) is 2.00. The Morgan fingerprint density at radius 2 is 1.92 bits per heavy atom. The van der Waals surface area contributed by atoms with E-state index in [1.807, 2.05) is 7.05 Å². The zero-order valence-electron chi connectivity index (χ0n) is 8.25. The number of nitrogens with two attached hydrogens (primary N) is 1. The molecule has 0 bridgehead atoms. The van der Waals surface area contributed by atoms with E-state index in [1.54, 1.807) is 0 Å². The fraction of sp³-hybridized carbons (Fsp3) is 0.400. The van der Waals surface area contributed by atoms with Gasteiger partial charge in [0.15, 0.2) is 0 Å². The third-order valence-corrected chi connectivity index (χ3v) is 2.11. The van der Waals surface area contributed by atoms with Gasteiger partial charge in [0.1, 0.15) is 0 Å². The molecule has 0 radical (unpaired) electrons. The molecule has 0 fully saturated rings. The molecular weight excluding hydrogens is 162 g/mol. The molecule has 0 saturated heterocycles. The molecule has 0 spiro atoms. The van der Waals surface area contributed by atoms with Crippen LogP contribution in [0.1, 0.15) is 12.5 Å². The van der Waals surface area contributed by atoms with E-state index in [-0.39, 0.29) is 0 Å². The van der Waals surface area contributed by atoms with E-state index >= 15 is 0 Å². The Hall–Kier alpha value is -1.06. The molecule has 1 aromatic rings. The van der Waals surface area contributed by atoms with Gasteiger partial charge in [0, 0.05) is 12.7 Å². The Kier molecular flexibility index (Phi) is 3.73. The van der Waals surface area contributed by atoms with Crippen LogP contribution in [0.5, 0.6) is 0 Å². The Morgan fingerprint density at radius 3 is 2.38 bits per heavy atom. The minimum Gasteiger partial charge on any atom is -0.361 e. The third-order valence-electron chi connectivity index (χ3n) is 2.11. The number of hydrogen-bond donors (Lipinski definition) is 2. The number of nitrogens with one attached hydrogen (secondary N) is 1. The minimum atomic E-state index is 0.658. The van der Waals surface area contributed by atoms with Crippen LogP contribution in [0, 0.1) is 0 Å². The minimum absolute atomic E-state index is 0.658. The number of hydrogen-bond acceptors (Lipinski definition) is 3. The lowest BCUT2D eigenvalue weighted by molar-refractivity contribution is 0.718. The van der Waals surface area contributed by atoms with E-state index in [1.165, 1.54) is 11.3 Å². The summed E-state index contributed by atoms with van der Waals surface area (Å²) in [4.78, 5) is 2.06. The van der Waals surface area contributed by atoms with Crippen LogP contribution < -0.4 is 16.2 Å². The van der Waals surface area contributed by atoms with Gasteiger partial charge < -0.3 is 4.90 Å². The van der Waals surface area contributed by atoms with Crippen molar-refractivity contribution in [2.24, 2.45) is 5.84 Å². The first-order valence-corrected chi connectivity index (χ1v) is 4.51. The van der Waals surface area contributed by atoms with Gasteiger partial charge in [-0.15, -0.1) is 0 Å². The van der Waals surface area contributed by atoms with E-state index in [0.717, 1.165) is 6.42 Å². The van der Waals surface area contributed by atoms with Crippen LogP contribution >= 0.6 is 0 Å². The number of anilines is 1. The van der Waals surface area contributed by atoms with Crippen molar-refractivity contribution in [3.05, 3.63) is 29.8 Å². The lowest BCUT2D eigenvalue weighted by Crippen LogP contribution is -2.35. The number of aryl methyl sites for hydroxylation is 1. The quantitative estimate of drug-likeness (QED) is 0.413. The molecule has 3 N–H and O–H groups in total. The van der Waals surface area contributed by atoms with E-state index in [2.05, 4.69) is 41.5 Å². The fourth-order valence-electron chi connectivity index (χ4n) is 1.21. The second-order valence-corrected chi connectivity index (χ2v) is 3.08. The second-order valence-electron chi connectivity index (χ2n) is 3.08. The largest absolute Gasteiger partial charge is 0.361 e. The van der Waals surface area contributed by atoms with Gasteiger partial charge >= 0.3 is 0 Å². The molecule has 0 aliphatic carbocycles. The van der Waals surface area contributed by atoms with E-state index in [0.29, 0.717) is 6.67 Å². The van der Waals surface area contributed by atoms with E-state index < -0.39 is 0 Å². The highest BCUT2D eigenvalue weighted by molar-refractivity contribution is 5.46. The fourth-order valence-corrected chi connectivity index (χ4v) is 1.21. The van der Waals surface area contributed by atoms with Crippen LogP contribution in [0.3, 0.4) is 0 Å². The van der Waals surface area contributed by atoms with Gasteiger partial charge in [0.25, 0.3) is 0 Å². The predicted molar refractivity (Wildman–Crippen MR) is 56.4 cm³/mol. The first-order valence-electron chi connectivity index (χ1n) is 4.51. The van der Waals surface area contributed by atoms with Crippen LogP contribution in [0.4, 0.5) is 5.69 Å². The van der Waals surface area contributed by atoms with Gasteiger partial charge in [-0.3, -0.25) is 5.84 Å². The molecule has 3 heteroatoms. The zero-order valence-corrected chi connectivity index (χ0v) is 8.25. The second kappa shape index (κ2) is 4.84. The van der Waals surface area contributed by atoms with Crippen molar-refractivity contribution in [3.63, 3.8) is 0 Å². The van der Waals surface area contributed by atoms with Crippen molar-refractivity contribution >= 4 is 5.69 Å². The van der Waals surface area contributed by atoms with Gasteiger partial charge in [0.2, 0.25) is 0 Å². The van der Waals surface area contributed by atoms with Crippen molar-refractivity contribution in [1.82, 2.24) is 5.43 Å². The molecule has 3 nitrogen and oxygen atoms in total. The molecular formula is C10H17N3. The van der Waals surface area contributed by atoms with Crippen molar-refractivity contribution in [2.75, 3.05) is 18.6 Å². The van der Waals surface area contributed by atoms with Crippen LogP contribution in [0.15, 0.2) is 24.3 Å². The molecule has 0 saturated carbocycles. The summed E-state index contributed by atoms with van der Waals surface area (Å²) in [5.41, 5.74) is 5.16. The first kappa shape index (κ1) is 10.0. The van der Waals surface area contributed by atoms with Gasteiger partial charge in [-0.1, -0.05) is 19.1 Å². The van der Waals surface area contributed by atoms with Crippen molar-refractivity contribution in [1.29, 1.82) is 0 Å². The Balaban J connectivity index is 2.67. The smallest absolute Gasteiger partial charge is 0.0805 e. The van der Waals surface area contributed by atoms with Crippen molar-refractivity contribution in [3.8, 4) is 0 Å². The maximum absolute atomic E-state index is 5.23.